The van der Waals surface area contributed by atoms with Gasteiger partial charge in [0, 0.05) is 55.3 Å². The van der Waals surface area contributed by atoms with Gasteiger partial charge in [-0.15, -0.1) is 0 Å². The van der Waals surface area contributed by atoms with Gasteiger partial charge in [0.25, 0.3) is 5.91 Å². The molecule has 1 saturated heterocycles. The molecule has 0 aliphatic carbocycles. The summed E-state index contributed by atoms with van der Waals surface area (Å²) in [6, 6.07) is 7.30. The van der Waals surface area contributed by atoms with Crippen LogP contribution >= 0.6 is 15.9 Å². The monoisotopic (exact) mass is 439 g/mol. The van der Waals surface area contributed by atoms with Crippen LogP contribution in [0.4, 0.5) is 0 Å². The minimum absolute atomic E-state index is 0.0111. The third kappa shape index (κ3) is 7.12. The van der Waals surface area contributed by atoms with Gasteiger partial charge in [0.1, 0.15) is 0 Å². The topological polar surface area (TPSA) is 78.0 Å². The first-order valence-electron chi connectivity index (χ1n) is 9.23. The van der Waals surface area contributed by atoms with Crippen LogP contribution in [0.1, 0.15) is 24.2 Å². The fourth-order valence-electron chi connectivity index (χ4n) is 2.86. The first-order valence-corrected chi connectivity index (χ1v) is 10.0. The molecule has 27 heavy (non-hydrogen) atoms. The lowest BCUT2D eigenvalue weighted by Gasteiger charge is -2.41. The summed E-state index contributed by atoms with van der Waals surface area (Å²) in [5, 5.41) is 9.51. The number of halogens is 1. The number of carbonyl (C=O) groups is 1. The molecule has 7 nitrogen and oxygen atoms in total. The Bertz CT molecular complexity index is 627. The van der Waals surface area contributed by atoms with Crippen molar-refractivity contribution < 1.29 is 9.53 Å². The highest BCUT2D eigenvalue weighted by atomic mass is 79.9. The number of morpholine rings is 1. The third-order valence-electron chi connectivity index (χ3n) is 4.59. The lowest BCUT2D eigenvalue weighted by molar-refractivity contribution is -0.00833. The number of guanidine groups is 1. The zero-order valence-electron chi connectivity index (χ0n) is 16.3. The van der Waals surface area contributed by atoms with Gasteiger partial charge >= 0.3 is 0 Å². The highest BCUT2D eigenvalue weighted by Crippen LogP contribution is 2.15. The molecule has 0 bridgehead atoms. The number of nitrogens with one attached hydrogen (secondary N) is 3. The van der Waals surface area contributed by atoms with Gasteiger partial charge in [-0.25, -0.2) is 0 Å². The summed E-state index contributed by atoms with van der Waals surface area (Å²) >= 11 is 3.37. The van der Waals surface area contributed by atoms with Crippen molar-refractivity contribution in [1.82, 2.24) is 20.9 Å². The number of hydrogen-bond donors (Lipinski definition) is 3. The fraction of sp³-hybridized carbons (Fsp3) is 0.579. The van der Waals surface area contributed by atoms with Gasteiger partial charge in [-0.2, -0.15) is 0 Å². The number of nitrogens with zero attached hydrogens (tertiary/aromatic N) is 2. The van der Waals surface area contributed by atoms with Crippen LogP contribution in [0.5, 0.6) is 0 Å². The molecule has 150 valence electrons. The van der Waals surface area contributed by atoms with Crippen LogP contribution in [0.15, 0.2) is 33.7 Å². The largest absolute Gasteiger partial charge is 0.379 e. The molecule has 1 aromatic carbocycles. The summed E-state index contributed by atoms with van der Waals surface area (Å²) < 4.78 is 6.38. The molecule has 8 heteroatoms. The normalized spacial score (nSPS) is 16.1. The van der Waals surface area contributed by atoms with E-state index in [9.17, 15) is 4.79 Å². The molecule has 0 aromatic heterocycles. The third-order valence-corrected chi connectivity index (χ3v) is 5.12. The van der Waals surface area contributed by atoms with Gasteiger partial charge in [0.05, 0.1) is 13.2 Å². The molecule has 1 amide bonds. The van der Waals surface area contributed by atoms with Crippen molar-refractivity contribution in [1.29, 1.82) is 0 Å². The molecule has 2 rings (SSSR count). The van der Waals surface area contributed by atoms with E-state index in [0.29, 0.717) is 18.7 Å². The second-order valence-corrected chi connectivity index (χ2v) is 7.94. The Hall–Kier alpha value is -1.64. The SMILES string of the molecule is CN=C(NCCNC(=O)c1ccc(Br)cc1)NCC(C)(C)N1CCOCC1. The minimum Gasteiger partial charge on any atom is -0.379 e. The zero-order chi connectivity index (χ0) is 19.7. The molecular weight excluding hydrogens is 410 g/mol. The Kier molecular flexibility index (Phi) is 8.53. The number of aliphatic imine (C=N–C) groups is 1. The lowest BCUT2D eigenvalue weighted by Crippen LogP contribution is -2.56. The summed E-state index contributed by atoms with van der Waals surface area (Å²) in [5.41, 5.74) is 0.657. The maximum absolute atomic E-state index is 12.1. The van der Waals surface area contributed by atoms with Crippen LogP contribution in [0, 0.1) is 0 Å². The Labute approximate surface area is 170 Å². The number of benzene rings is 1. The van der Waals surface area contributed by atoms with Crippen LogP contribution in [-0.4, -0.2) is 75.3 Å². The minimum atomic E-state index is -0.0827. The first-order chi connectivity index (χ1) is 12.9. The highest BCUT2D eigenvalue weighted by Gasteiger charge is 2.28. The Balaban J connectivity index is 1.69. The number of ether oxygens (including phenoxy) is 1. The molecule has 3 N–H and O–H groups in total. The van der Waals surface area contributed by atoms with E-state index in [0.717, 1.165) is 43.3 Å². The number of hydrogen-bond acceptors (Lipinski definition) is 4. The summed E-state index contributed by atoms with van der Waals surface area (Å²) in [4.78, 5) is 18.8. The Morgan fingerprint density at radius 2 is 1.78 bits per heavy atom. The molecule has 0 unspecified atom stereocenters. The maximum Gasteiger partial charge on any atom is 0.251 e. The molecule has 0 spiro atoms. The van der Waals surface area contributed by atoms with Crippen LogP contribution in [0.2, 0.25) is 0 Å². The van der Waals surface area contributed by atoms with Crippen molar-refractivity contribution in [2.45, 2.75) is 19.4 Å². The average Bonchev–Trinajstić information content (AvgIpc) is 2.68. The van der Waals surface area contributed by atoms with Crippen LogP contribution in [0.3, 0.4) is 0 Å². The Morgan fingerprint density at radius 3 is 2.41 bits per heavy atom. The zero-order valence-corrected chi connectivity index (χ0v) is 17.9. The van der Waals surface area contributed by atoms with Crippen molar-refractivity contribution in [3.05, 3.63) is 34.3 Å². The van der Waals surface area contributed by atoms with Crippen molar-refractivity contribution in [2.24, 2.45) is 4.99 Å². The van der Waals surface area contributed by atoms with E-state index in [1.165, 1.54) is 0 Å². The second kappa shape index (κ2) is 10.6. The van der Waals surface area contributed by atoms with Crippen molar-refractivity contribution in [3.63, 3.8) is 0 Å². The molecular formula is C19H30BrN5O2. The van der Waals surface area contributed by atoms with Crippen LogP contribution in [-0.2, 0) is 4.74 Å². The van der Waals surface area contributed by atoms with E-state index < -0.39 is 0 Å². The molecule has 1 aliphatic heterocycles. The van der Waals surface area contributed by atoms with E-state index in [1.807, 2.05) is 12.1 Å². The van der Waals surface area contributed by atoms with Gasteiger partial charge in [-0.1, -0.05) is 15.9 Å². The van der Waals surface area contributed by atoms with Crippen molar-refractivity contribution in [2.75, 3.05) is 53.0 Å². The molecule has 1 aliphatic rings. The number of carbonyl (C=O) groups excluding carboxylic acids is 1. The molecule has 1 fully saturated rings. The number of rotatable bonds is 7. The van der Waals surface area contributed by atoms with E-state index in [-0.39, 0.29) is 11.4 Å². The fourth-order valence-corrected chi connectivity index (χ4v) is 3.13. The van der Waals surface area contributed by atoms with Gasteiger partial charge in [0.15, 0.2) is 5.96 Å². The predicted octanol–water partition coefficient (Wildman–Crippen LogP) is 1.45. The van der Waals surface area contributed by atoms with Crippen molar-refractivity contribution in [3.8, 4) is 0 Å². The first kappa shape index (κ1) is 21.7. The molecule has 1 aromatic rings. The van der Waals surface area contributed by atoms with Gasteiger partial charge in [-0.3, -0.25) is 14.7 Å². The Morgan fingerprint density at radius 1 is 1.15 bits per heavy atom. The number of amides is 1. The molecule has 0 saturated carbocycles. The summed E-state index contributed by atoms with van der Waals surface area (Å²) in [5.74, 6) is 0.648. The van der Waals surface area contributed by atoms with Crippen LogP contribution in [0.25, 0.3) is 0 Å². The highest BCUT2D eigenvalue weighted by molar-refractivity contribution is 9.10. The second-order valence-electron chi connectivity index (χ2n) is 7.03. The van der Waals surface area contributed by atoms with E-state index in [4.69, 9.17) is 4.74 Å². The standard InChI is InChI=1S/C19H30BrN5O2/c1-19(2,25-10-12-27-13-11-25)14-24-18(21-3)23-9-8-22-17(26)15-4-6-16(20)7-5-15/h4-7H,8-14H2,1-3H3,(H,22,26)(H2,21,23,24). The van der Waals surface area contributed by atoms with Gasteiger partial charge < -0.3 is 20.7 Å². The quantitative estimate of drug-likeness (QED) is 0.340. The van der Waals surface area contributed by atoms with Gasteiger partial charge in [-0.05, 0) is 38.1 Å². The van der Waals surface area contributed by atoms with E-state index in [1.54, 1.807) is 19.2 Å². The molecule has 0 atom stereocenters. The van der Waals surface area contributed by atoms with Gasteiger partial charge in [0.2, 0.25) is 0 Å². The lowest BCUT2D eigenvalue weighted by atomic mass is 10.0. The summed E-state index contributed by atoms with van der Waals surface area (Å²) in [6.07, 6.45) is 0. The molecule has 1 heterocycles. The maximum atomic E-state index is 12.1. The average molecular weight is 440 g/mol. The smallest absolute Gasteiger partial charge is 0.251 e. The van der Waals surface area contributed by atoms with Crippen LogP contribution < -0.4 is 16.0 Å². The summed E-state index contributed by atoms with van der Waals surface area (Å²) in [6.45, 7) is 9.79. The predicted molar refractivity (Wildman–Crippen MR) is 112 cm³/mol. The van der Waals surface area contributed by atoms with E-state index >= 15 is 0 Å². The summed E-state index contributed by atoms with van der Waals surface area (Å²) in [7, 11) is 1.75. The molecule has 0 radical (unpaired) electrons. The van der Waals surface area contributed by atoms with Crippen molar-refractivity contribution >= 4 is 27.8 Å². The van der Waals surface area contributed by atoms with E-state index in [2.05, 4.69) is 55.6 Å².